The zero-order chi connectivity index (χ0) is 13.4. The van der Waals surface area contributed by atoms with E-state index in [4.69, 9.17) is 5.11 Å². The van der Waals surface area contributed by atoms with Crippen LogP contribution in [0.4, 0.5) is 0 Å². The Bertz CT molecular complexity index is 417. The molecule has 0 saturated heterocycles. The third-order valence-corrected chi connectivity index (χ3v) is 1.92. The van der Waals surface area contributed by atoms with Crippen molar-refractivity contribution < 1.29 is 19.5 Å². The van der Waals surface area contributed by atoms with Crippen molar-refractivity contribution in [3.63, 3.8) is 0 Å². The molecule has 0 saturated carbocycles. The summed E-state index contributed by atoms with van der Waals surface area (Å²) < 4.78 is 1.49. The van der Waals surface area contributed by atoms with E-state index in [0.29, 0.717) is 6.54 Å². The van der Waals surface area contributed by atoms with E-state index in [2.05, 4.69) is 20.9 Å². The summed E-state index contributed by atoms with van der Waals surface area (Å²) in [5.41, 5.74) is 0. The maximum atomic E-state index is 11.3. The van der Waals surface area contributed by atoms with Gasteiger partial charge in [-0.1, -0.05) is 5.21 Å². The molecule has 0 aliphatic heterocycles. The van der Waals surface area contributed by atoms with Crippen LogP contribution in [0, 0.1) is 0 Å². The quantitative estimate of drug-likeness (QED) is 0.516. The minimum absolute atomic E-state index is 0.162. The Morgan fingerprint density at radius 3 is 2.50 bits per heavy atom. The van der Waals surface area contributed by atoms with Gasteiger partial charge in [-0.15, -0.1) is 5.10 Å². The molecule has 1 heterocycles. The summed E-state index contributed by atoms with van der Waals surface area (Å²) in [7, 11) is 0. The van der Waals surface area contributed by atoms with Gasteiger partial charge in [0.1, 0.15) is 6.54 Å². The lowest BCUT2D eigenvalue weighted by Crippen LogP contribution is -2.39. The first-order chi connectivity index (χ1) is 8.58. The summed E-state index contributed by atoms with van der Waals surface area (Å²) >= 11 is 0. The second kappa shape index (κ2) is 6.99. The molecule has 0 fully saturated rings. The topological polar surface area (TPSA) is 126 Å². The molecule has 0 spiro atoms. The van der Waals surface area contributed by atoms with Gasteiger partial charge >= 0.3 is 5.97 Å². The third kappa shape index (κ3) is 5.58. The second-order valence-corrected chi connectivity index (χ2v) is 3.36. The van der Waals surface area contributed by atoms with Crippen LogP contribution in [-0.4, -0.2) is 51.0 Å². The molecule has 9 nitrogen and oxygen atoms in total. The minimum atomic E-state index is -1.14. The van der Waals surface area contributed by atoms with Crippen molar-refractivity contribution in [1.29, 1.82) is 0 Å². The van der Waals surface area contributed by atoms with E-state index in [9.17, 15) is 14.4 Å². The number of nitrogens with one attached hydrogen (secondary N) is 2. The fourth-order valence-electron chi connectivity index (χ4n) is 1.07. The molecule has 0 aliphatic carbocycles. The van der Waals surface area contributed by atoms with Crippen molar-refractivity contribution in [3.05, 3.63) is 12.4 Å². The fraction of sp³-hybridized carbons (Fsp3) is 0.444. The number of amides is 2. The number of rotatable bonds is 7. The first-order valence-corrected chi connectivity index (χ1v) is 5.17. The molecule has 0 atom stereocenters. The fourth-order valence-corrected chi connectivity index (χ4v) is 1.07. The lowest BCUT2D eigenvalue weighted by molar-refractivity contribution is -0.137. The summed E-state index contributed by atoms with van der Waals surface area (Å²) in [6, 6.07) is 0. The molecular formula is C9H13N5O4. The maximum absolute atomic E-state index is 11.3. The van der Waals surface area contributed by atoms with Crippen LogP contribution in [0.25, 0.3) is 0 Å². The standard InChI is InChI=1S/C9H13N5O4/c15-7(1-3-14-4-2-12-13-14)10-5-8(16)11-6-9(17)18/h2,4H,1,3,5-6H2,(H,10,15)(H,11,16)(H,17,18). The number of carbonyl (C=O) groups is 3. The first-order valence-electron chi connectivity index (χ1n) is 5.17. The van der Waals surface area contributed by atoms with Crippen LogP contribution in [0.15, 0.2) is 12.4 Å². The zero-order valence-corrected chi connectivity index (χ0v) is 9.50. The number of hydrogen-bond donors (Lipinski definition) is 3. The smallest absolute Gasteiger partial charge is 0.322 e. The molecule has 2 amide bonds. The van der Waals surface area contributed by atoms with Gasteiger partial charge in [0.05, 0.1) is 19.3 Å². The van der Waals surface area contributed by atoms with Crippen LogP contribution in [0.2, 0.25) is 0 Å². The van der Waals surface area contributed by atoms with Gasteiger partial charge in [0.15, 0.2) is 0 Å². The highest BCUT2D eigenvalue weighted by Crippen LogP contribution is 1.87. The van der Waals surface area contributed by atoms with E-state index in [0.717, 1.165) is 0 Å². The Morgan fingerprint density at radius 2 is 1.89 bits per heavy atom. The molecule has 1 rings (SSSR count). The van der Waals surface area contributed by atoms with Crippen LogP contribution in [0.3, 0.4) is 0 Å². The van der Waals surface area contributed by atoms with Crippen molar-refractivity contribution in [1.82, 2.24) is 25.6 Å². The Labute approximate surface area is 102 Å². The number of nitrogens with zero attached hydrogens (tertiary/aromatic N) is 3. The highest BCUT2D eigenvalue weighted by molar-refractivity contribution is 5.86. The average molecular weight is 255 g/mol. The molecule has 0 aromatic carbocycles. The van der Waals surface area contributed by atoms with E-state index in [1.807, 2.05) is 0 Å². The zero-order valence-electron chi connectivity index (χ0n) is 9.50. The van der Waals surface area contributed by atoms with Crippen LogP contribution in [0.5, 0.6) is 0 Å². The molecule has 0 aliphatic rings. The summed E-state index contributed by atoms with van der Waals surface area (Å²) in [5, 5.41) is 20.1. The number of carboxylic acid groups (broad SMARTS) is 1. The number of carboxylic acids is 1. The van der Waals surface area contributed by atoms with Gasteiger partial charge in [-0.3, -0.25) is 19.1 Å². The van der Waals surface area contributed by atoms with Gasteiger partial charge in [0.2, 0.25) is 11.8 Å². The van der Waals surface area contributed by atoms with Gasteiger partial charge in [0, 0.05) is 12.6 Å². The van der Waals surface area contributed by atoms with Gasteiger partial charge in [-0.2, -0.15) is 0 Å². The van der Waals surface area contributed by atoms with Gasteiger partial charge < -0.3 is 15.7 Å². The molecule has 3 N–H and O–H groups in total. The molecule has 9 heteroatoms. The molecular weight excluding hydrogens is 242 g/mol. The van der Waals surface area contributed by atoms with E-state index in [1.54, 1.807) is 6.20 Å². The summed E-state index contributed by atoms with van der Waals surface area (Å²) in [6.07, 6.45) is 3.28. The largest absolute Gasteiger partial charge is 0.480 e. The molecule has 0 radical (unpaired) electrons. The Morgan fingerprint density at radius 1 is 1.17 bits per heavy atom. The van der Waals surface area contributed by atoms with Crippen molar-refractivity contribution >= 4 is 17.8 Å². The third-order valence-electron chi connectivity index (χ3n) is 1.92. The van der Waals surface area contributed by atoms with Crippen molar-refractivity contribution in [2.24, 2.45) is 0 Å². The summed E-state index contributed by atoms with van der Waals surface area (Å²) in [5.74, 6) is -2.01. The second-order valence-electron chi connectivity index (χ2n) is 3.36. The molecule has 1 aromatic heterocycles. The van der Waals surface area contributed by atoms with Crippen LogP contribution < -0.4 is 10.6 Å². The maximum Gasteiger partial charge on any atom is 0.322 e. The first kappa shape index (κ1) is 13.6. The van der Waals surface area contributed by atoms with Crippen molar-refractivity contribution in [2.75, 3.05) is 13.1 Å². The normalized spacial score (nSPS) is 9.78. The Kier molecular flexibility index (Phi) is 5.29. The molecule has 18 heavy (non-hydrogen) atoms. The predicted molar refractivity (Wildman–Crippen MR) is 58.3 cm³/mol. The minimum Gasteiger partial charge on any atom is -0.480 e. The molecule has 1 aromatic rings. The lowest BCUT2D eigenvalue weighted by Gasteiger charge is -2.05. The van der Waals surface area contributed by atoms with Crippen LogP contribution in [-0.2, 0) is 20.9 Å². The van der Waals surface area contributed by atoms with Crippen molar-refractivity contribution in [2.45, 2.75) is 13.0 Å². The monoisotopic (exact) mass is 255 g/mol. The van der Waals surface area contributed by atoms with Gasteiger partial charge in [-0.25, -0.2) is 0 Å². The number of aliphatic carboxylic acids is 1. The van der Waals surface area contributed by atoms with E-state index < -0.39 is 18.4 Å². The SMILES string of the molecule is O=C(O)CNC(=O)CNC(=O)CCn1ccnn1. The predicted octanol–water partition coefficient (Wildman–Crippen LogP) is -2.01. The van der Waals surface area contributed by atoms with Gasteiger partial charge in [0.25, 0.3) is 0 Å². The number of hydrogen-bond acceptors (Lipinski definition) is 5. The molecule has 0 unspecified atom stereocenters. The lowest BCUT2D eigenvalue weighted by atomic mass is 10.4. The van der Waals surface area contributed by atoms with E-state index >= 15 is 0 Å². The molecule has 98 valence electrons. The number of aryl methyl sites for hydroxylation is 1. The Balaban J connectivity index is 2.13. The van der Waals surface area contributed by atoms with Crippen LogP contribution >= 0.6 is 0 Å². The number of carbonyl (C=O) groups excluding carboxylic acids is 2. The summed E-state index contributed by atoms with van der Waals surface area (Å²) in [4.78, 5) is 32.5. The number of aromatic nitrogens is 3. The highest BCUT2D eigenvalue weighted by atomic mass is 16.4. The molecule has 0 bridgehead atoms. The van der Waals surface area contributed by atoms with E-state index in [1.165, 1.54) is 10.9 Å². The summed E-state index contributed by atoms with van der Waals surface area (Å²) in [6.45, 7) is -0.348. The average Bonchev–Trinajstić information content (AvgIpc) is 2.84. The van der Waals surface area contributed by atoms with Gasteiger partial charge in [-0.05, 0) is 0 Å². The van der Waals surface area contributed by atoms with Crippen LogP contribution in [0.1, 0.15) is 6.42 Å². The van der Waals surface area contributed by atoms with Crippen molar-refractivity contribution in [3.8, 4) is 0 Å². The highest BCUT2D eigenvalue weighted by Gasteiger charge is 2.06. The Hall–Kier alpha value is -2.45. The van der Waals surface area contributed by atoms with E-state index in [-0.39, 0.29) is 18.9 Å².